The fourth-order valence-corrected chi connectivity index (χ4v) is 2.40. The molecule has 24 heavy (non-hydrogen) atoms. The van der Waals surface area contributed by atoms with Gasteiger partial charge in [-0.3, -0.25) is 14.8 Å². The Labute approximate surface area is 138 Å². The van der Waals surface area contributed by atoms with E-state index in [2.05, 4.69) is 20.0 Å². The molecular formula is C19H12N4O. The van der Waals surface area contributed by atoms with Crippen LogP contribution in [0.2, 0.25) is 0 Å². The number of nitrogens with zero attached hydrogens (tertiary/aromatic N) is 4. The smallest absolute Gasteiger partial charge is 0.198 e. The molecule has 0 atom stereocenters. The van der Waals surface area contributed by atoms with E-state index in [1.165, 1.54) is 12.3 Å². The molecule has 0 spiro atoms. The zero-order valence-corrected chi connectivity index (χ0v) is 12.6. The molecule has 5 nitrogen and oxygen atoms in total. The Kier molecular flexibility index (Phi) is 3.51. The van der Waals surface area contributed by atoms with Crippen molar-refractivity contribution in [2.45, 2.75) is 0 Å². The molecule has 0 saturated heterocycles. The van der Waals surface area contributed by atoms with Crippen LogP contribution in [0.4, 0.5) is 0 Å². The minimum atomic E-state index is -0.0938. The largest absolute Gasteiger partial charge is 0.288 e. The van der Waals surface area contributed by atoms with Crippen LogP contribution in [0.25, 0.3) is 0 Å². The topological polar surface area (TPSA) is 66.5 Å². The summed E-state index contributed by atoms with van der Waals surface area (Å²) in [5.41, 5.74) is 4.79. The average Bonchev–Trinajstić information content (AvgIpc) is 3.32. The summed E-state index contributed by atoms with van der Waals surface area (Å²) in [7, 11) is 0. The van der Waals surface area contributed by atoms with Gasteiger partial charge in [0.2, 0.25) is 0 Å². The fraction of sp³-hybridized carbons (Fsp3) is 0. The van der Waals surface area contributed by atoms with Gasteiger partial charge in [0.15, 0.2) is 5.78 Å². The molecule has 0 radical (unpaired) electrons. The minimum absolute atomic E-state index is 0.0938. The monoisotopic (exact) mass is 312 g/mol. The number of hydrogen-bond donors (Lipinski definition) is 0. The first-order valence-corrected chi connectivity index (χ1v) is 7.44. The van der Waals surface area contributed by atoms with Gasteiger partial charge in [-0.05, 0) is 54.7 Å². The molecule has 0 aromatic rings. The molecule has 0 unspecified atom stereocenters. The summed E-state index contributed by atoms with van der Waals surface area (Å²) >= 11 is 0. The molecule has 0 bridgehead atoms. The van der Waals surface area contributed by atoms with Crippen LogP contribution in [-0.4, -0.2) is 29.6 Å². The van der Waals surface area contributed by atoms with Gasteiger partial charge in [0.1, 0.15) is 0 Å². The highest BCUT2D eigenvalue weighted by atomic mass is 16.1. The van der Waals surface area contributed by atoms with Gasteiger partial charge in [0.25, 0.3) is 0 Å². The summed E-state index contributed by atoms with van der Waals surface area (Å²) in [6.45, 7) is 0. The van der Waals surface area contributed by atoms with Crippen LogP contribution >= 0.6 is 0 Å². The van der Waals surface area contributed by atoms with Crippen molar-refractivity contribution < 1.29 is 4.79 Å². The molecular weight excluding hydrogens is 300 g/mol. The van der Waals surface area contributed by atoms with E-state index >= 15 is 0 Å². The van der Waals surface area contributed by atoms with Crippen LogP contribution in [0.15, 0.2) is 104 Å². The second-order valence-corrected chi connectivity index (χ2v) is 5.31. The van der Waals surface area contributed by atoms with Crippen molar-refractivity contribution in [2.24, 2.45) is 20.0 Å². The average molecular weight is 312 g/mol. The first kappa shape index (κ1) is 14.1. The highest BCUT2D eigenvalue weighted by Gasteiger charge is 2.09. The number of carbonyl (C=O) groups is 1. The quantitative estimate of drug-likeness (QED) is 0.790. The van der Waals surface area contributed by atoms with Crippen LogP contribution in [0.1, 0.15) is 0 Å². The molecule has 0 N–H and O–H groups in total. The SMILES string of the molecule is O=C1C=NC(C=C2C=CC(C=C3C=CC(C=C4C=CC=N4)=N3)=N2)=C1. The van der Waals surface area contributed by atoms with Crippen LogP contribution in [0.5, 0.6) is 0 Å². The van der Waals surface area contributed by atoms with Crippen molar-refractivity contribution in [2.75, 3.05) is 0 Å². The van der Waals surface area contributed by atoms with Crippen LogP contribution in [0.3, 0.4) is 0 Å². The normalized spacial score (nSPS) is 25.8. The van der Waals surface area contributed by atoms with Gasteiger partial charge in [0, 0.05) is 12.3 Å². The lowest BCUT2D eigenvalue weighted by Gasteiger charge is -1.92. The summed E-state index contributed by atoms with van der Waals surface area (Å²) in [4.78, 5) is 28.3. The van der Waals surface area contributed by atoms with E-state index in [4.69, 9.17) is 0 Å². The van der Waals surface area contributed by atoms with Crippen molar-refractivity contribution in [3.05, 3.63) is 83.5 Å². The molecule has 4 heterocycles. The third-order valence-corrected chi connectivity index (χ3v) is 3.46. The second-order valence-electron chi connectivity index (χ2n) is 5.31. The fourth-order valence-electron chi connectivity index (χ4n) is 2.40. The highest BCUT2D eigenvalue weighted by molar-refractivity contribution is 6.35. The molecule has 0 amide bonds. The van der Waals surface area contributed by atoms with E-state index in [0.29, 0.717) is 5.70 Å². The number of rotatable bonds is 3. The van der Waals surface area contributed by atoms with E-state index in [1.807, 2.05) is 48.6 Å². The van der Waals surface area contributed by atoms with Crippen molar-refractivity contribution in [1.29, 1.82) is 0 Å². The number of aliphatic imine (C=N–C) groups is 4. The molecule has 4 aliphatic heterocycles. The maximum Gasteiger partial charge on any atom is 0.198 e. The summed E-state index contributed by atoms with van der Waals surface area (Å²) in [5, 5.41) is 0. The van der Waals surface area contributed by atoms with Gasteiger partial charge in [-0.15, -0.1) is 0 Å². The molecule has 114 valence electrons. The molecule has 4 aliphatic rings. The lowest BCUT2D eigenvalue weighted by Crippen LogP contribution is -1.86. The van der Waals surface area contributed by atoms with Crippen LogP contribution in [0, 0.1) is 0 Å². The molecule has 0 aromatic carbocycles. The van der Waals surface area contributed by atoms with Crippen molar-refractivity contribution in [3.8, 4) is 0 Å². The molecule has 0 aromatic heterocycles. The van der Waals surface area contributed by atoms with Crippen molar-refractivity contribution in [1.82, 2.24) is 0 Å². The Hall–Kier alpha value is -3.47. The van der Waals surface area contributed by atoms with E-state index in [1.54, 1.807) is 12.3 Å². The predicted octanol–water partition coefficient (Wildman–Crippen LogP) is 2.84. The third-order valence-electron chi connectivity index (χ3n) is 3.46. The van der Waals surface area contributed by atoms with Crippen LogP contribution < -0.4 is 0 Å². The zero-order chi connectivity index (χ0) is 16.4. The number of allylic oxidation sites excluding steroid dienone is 10. The predicted molar refractivity (Wildman–Crippen MR) is 96.6 cm³/mol. The van der Waals surface area contributed by atoms with Gasteiger partial charge in [-0.1, -0.05) is 0 Å². The van der Waals surface area contributed by atoms with Crippen LogP contribution in [-0.2, 0) is 4.79 Å². The molecule has 0 saturated carbocycles. The standard InChI is InChI=1S/C19H12N4O/c24-19-11-18(21-12-19)10-17-6-5-16(23-17)9-15-4-3-14(22-15)8-13-2-1-7-20-13/h1-12H. The zero-order valence-electron chi connectivity index (χ0n) is 12.6. The van der Waals surface area contributed by atoms with E-state index < -0.39 is 0 Å². The van der Waals surface area contributed by atoms with Gasteiger partial charge in [-0.2, -0.15) is 0 Å². The summed E-state index contributed by atoms with van der Waals surface area (Å²) in [6, 6.07) is 0. The maximum absolute atomic E-state index is 11.1. The summed E-state index contributed by atoms with van der Waals surface area (Å²) < 4.78 is 0. The van der Waals surface area contributed by atoms with E-state index in [-0.39, 0.29) is 5.78 Å². The number of hydrogen-bond acceptors (Lipinski definition) is 5. The lowest BCUT2D eigenvalue weighted by atomic mass is 10.2. The first-order valence-electron chi connectivity index (χ1n) is 7.44. The Morgan fingerprint density at radius 2 is 1.46 bits per heavy atom. The third kappa shape index (κ3) is 3.15. The molecule has 0 aliphatic carbocycles. The van der Waals surface area contributed by atoms with Crippen molar-refractivity contribution in [3.63, 3.8) is 0 Å². The Morgan fingerprint density at radius 3 is 2.08 bits per heavy atom. The lowest BCUT2D eigenvalue weighted by molar-refractivity contribution is -0.108. The van der Waals surface area contributed by atoms with Gasteiger partial charge >= 0.3 is 0 Å². The second kappa shape index (κ2) is 5.96. The summed E-state index contributed by atoms with van der Waals surface area (Å²) in [5.74, 6) is -0.0938. The first-order chi connectivity index (χ1) is 11.7. The van der Waals surface area contributed by atoms with Gasteiger partial charge in [-0.25, -0.2) is 9.98 Å². The molecule has 5 heteroatoms. The Balaban J connectivity index is 1.50. The number of carbonyl (C=O) groups excluding carboxylic acids is 1. The minimum Gasteiger partial charge on any atom is -0.288 e. The van der Waals surface area contributed by atoms with E-state index in [0.717, 1.165) is 28.5 Å². The Morgan fingerprint density at radius 1 is 0.750 bits per heavy atom. The Bertz CT molecular complexity index is 943. The number of ketones is 1. The van der Waals surface area contributed by atoms with E-state index in [9.17, 15) is 4.79 Å². The van der Waals surface area contributed by atoms with Crippen molar-refractivity contribution >= 4 is 29.6 Å². The van der Waals surface area contributed by atoms with Gasteiger partial charge in [0.05, 0.1) is 40.4 Å². The summed E-state index contributed by atoms with van der Waals surface area (Å²) in [6.07, 6.45) is 21.7. The molecule has 0 fully saturated rings. The van der Waals surface area contributed by atoms with Gasteiger partial charge < -0.3 is 0 Å². The maximum atomic E-state index is 11.1. The molecule has 4 rings (SSSR count). The highest BCUT2D eigenvalue weighted by Crippen LogP contribution is 2.18.